The van der Waals surface area contributed by atoms with E-state index in [1.807, 2.05) is 0 Å². The van der Waals surface area contributed by atoms with Crippen molar-refractivity contribution in [3.05, 3.63) is 27.8 Å². The summed E-state index contributed by atoms with van der Waals surface area (Å²) in [6, 6.07) is 2.48. The van der Waals surface area contributed by atoms with E-state index in [0.717, 1.165) is 0 Å². The van der Waals surface area contributed by atoms with E-state index >= 15 is 0 Å². The van der Waals surface area contributed by atoms with Gasteiger partial charge in [-0.25, -0.2) is 4.79 Å². The largest absolute Gasteiger partial charge is 0.493 e. The Morgan fingerprint density at radius 2 is 2.18 bits per heavy atom. The number of carboxylic acids is 1. The van der Waals surface area contributed by atoms with E-state index in [4.69, 9.17) is 14.6 Å². The summed E-state index contributed by atoms with van der Waals surface area (Å²) >= 11 is 0. The van der Waals surface area contributed by atoms with Crippen LogP contribution in [-0.4, -0.2) is 29.7 Å². The first-order valence-electron chi connectivity index (χ1n) is 4.63. The van der Waals surface area contributed by atoms with E-state index in [9.17, 15) is 14.9 Å². The third-order valence-electron chi connectivity index (χ3n) is 2.00. The van der Waals surface area contributed by atoms with Gasteiger partial charge < -0.3 is 14.6 Å². The number of hydrogen-bond acceptors (Lipinski definition) is 5. The van der Waals surface area contributed by atoms with Crippen molar-refractivity contribution in [1.82, 2.24) is 0 Å². The Balaban J connectivity index is 3.12. The van der Waals surface area contributed by atoms with Crippen LogP contribution in [0.3, 0.4) is 0 Å². The molecule has 0 aliphatic heterocycles. The molecule has 0 spiro atoms. The predicted molar refractivity (Wildman–Crippen MR) is 57.5 cm³/mol. The summed E-state index contributed by atoms with van der Waals surface area (Å²) in [4.78, 5) is 20.4. The number of nitro groups is 1. The Hall–Kier alpha value is -2.31. The molecule has 1 aromatic carbocycles. The van der Waals surface area contributed by atoms with Crippen molar-refractivity contribution in [2.24, 2.45) is 0 Å². The molecular weight excluding hydrogens is 230 g/mol. The molecule has 7 nitrogen and oxygen atoms in total. The fourth-order valence-electron chi connectivity index (χ4n) is 1.30. The van der Waals surface area contributed by atoms with Crippen molar-refractivity contribution in [3.63, 3.8) is 0 Å². The van der Waals surface area contributed by atoms with Crippen LogP contribution in [-0.2, 0) is 4.79 Å². The van der Waals surface area contributed by atoms with Crippen molar-refractivity contribution < 1.29 is 24.3 Å². The van der Waals surface area contributed by atoms with Gasteiger partial charge in [0.2, 0.25) is 0 Å². The number of carboxylic acid groups (broad SMARTS) is 1. The molecule has 1 N–H and O–H groups in total. The number of methoxy groups -OCH3 is 1. The monoisotopic (exact) mass is 241 g/mol. The standard InChI is InChI=1S/C10H11NO6/c1-6-3-7(11(14)15)4-8(16-2)10(6)17-5-9(12)13/h3-4H,5H2,1-2H3,(H,12,13). The lowest BCUT2D eigenvalue weighted by molar-refractivity contribution is -0.385. The average Bonchev–Trinajstić information content (AvgIpc) is 2.25. The van der Waals surface area contributed by atoms with E-state index in [-0.39, 0.29) is 17.2 Å². The fourth-order valence-corrected chi connectivity index (χ4v) is 1.30. The maximum absolute atomic E-state index is 10.6. The number of rotatable bonds is 5. The smallest absolute Gasteiger partial charge is 0.341 e. The highest BCUT2D eigenvalue weighted by Crippen LogP contribution is 2.35. The number of benzene rings is 1. The van der Waals surface area contributed by atoms with Gasteiger partial charge >= 0.3 is 5.97 Å². The van der Waals surface area contributed by atoms with Crippen LogP contribution in [0, 0.1) is 17.0 Å². The SMILES string of the molecule is COc1cc([N+](=O)[O-])cc(C)c1OCC(=O)O. The van der Waals surface area contributed by atoms with Gasteiger partial charge in [0, 0.05) is 11.6 Å². The van der Waals surface area contributed by atoms with Crippen molar-refractivity contribution in [2.45, 2.75) is 6.92 Å². The Bertz CT molecular complexity index is 456. The number of ether oxygens (including phenoxy) is 2. The molecule has 1 aromatic rings. The van der Waals surface area contributed by atoms with Gasteiger partial charge in [-0.2, -0.15) is 0 Å². The van der Waals surface area contributed by atoms with E-state index in [2.05, 4.69) is 0 Å². The van der Waals surface area contributed by atoms with Crippen LogP contribution in [0.5, 0.6) is 11.5 Å². The van der Waals surface area contributed by atoms with Crippen LogP contribution in [0.1, 0.15) is 5.56 Å². The highest BCUT2D eigenvalue weighted by molar-refractivity contribution is 5.69. The summed E-state index contributed by atoms with van der Waals surface area (Å²) in [7, 11) is 1.33. The Labute approximate surface area is 96.7 Å². The molecule has 0 unspecified atom stereocenters. The molecule has 0 heterocycles. The van der Waals surface area contributed by atoms with Crippen LogP contribution in [0.2, 0.25) is 0 Å². The molecule has 0 saturated carbocycles. The lowest BCUT2D eigenvalue weighted by Crippen LogP contribution is -2.11. The molecule has 0 aliphatic rings. The third-order valence-corrected chi connectivity index (χ3v) is 2.00. The van der Waals surface area contributed by atoms with Crippen molar-refractivity contribution in [2.75, 3.05) is 13.7 Å². The molecule has 7 heteroatoms. The van der Waals surface area contributed by atoms with Gasteiger partial charge in [-0.05, 0) is 6.92 Å². The predicted octanol–water partition coefficient (Wildman–Crippen LogP) is 1.38. The summed E-state index contributed by atoms with van der Waals surface area (Å²) in [6.07, 6.45) is 0. The van der Waals surface area contributed by atoms with Gasteiger partial charge in [0.15, 0.2) is 18.1 Å². The molecule has 0 aromatic heterocycles. The number of nitro benzene ring substituents is 1. The van der Waals surface area contributed by atoms with Crippen LogP contribution in [0.15, 0.2) is 12.1 Å². The van der Waals surface area contributed by atoms with Crippen LogP contribution >= 0.6 is 0 Å². The minimum Gasteiger partial charge on any atom is -0.493 e. The van der Waals surface area contributed by atoms with Gasteiger partial charge in [0.1, 0.15) is 0 Å². The maximum Gasteiger partial charge on any atom is 0.341 e. The molecule has 0 aliphatic carbocycles. The van der Waals surface area contributed by atoms with Crippen LogP contribution in [0.25, 0.3) is 0 Å². The van der Waals surface area contributed by atoms with Gasteiger partial charge in [0.05, 0.1) is 18.1 Å². The first-order chi connectivity index (χ1) is 7.95. The molecular formula is C10H11NO6. The highest BCUT2D eigenvalue weighted by Gasteiger charge is 2.16. The zero-order chi connectivity index (χ0) is 13.0. The zero-order valence-electron chi connectivity index (χ0n) is 9.30. The Morgan fingerprint density at radius 1 is 1.53 bits per heavy atom. The minimum atomic E-state index is -1.13. The van der Waals surface area contributed by atoms with E-state index in [1.165, 1.54) is 19.2 Å². The molecule has 0 bridgehead atoms. The summed E-state index contributed by atoms with van der Waals surface area (Å²) in [5, 5.41) is 19.1. The second-order valence-corrected chi connectivity index (χ2v) is 3.23. The van der Waals surface area contributed by atoms with Gasteiger partial charge in [0.25, 0.3) is 5.69 Å². The van der Waals surface area contributed by atoms with Crippen molar-refractivity contribution in [1.29, 1.82) is 0 Å². The highest BCUT2D eigenvalue weighted by atomic mass is 16.6. The first-order valence-corrected chi connectivity index (χ1v) is 4.63. The fraction of sp³-hybridized carbons (Fsp3) is 0.300. The summed E-state index contributed by atoms with van der Waals surface area (Å²) in [5.74, 6) is -0.803. The molecule has 17 heavy (non-hydrogen) atoms. The minimum absolute atomic E-state index is 0.137. The normalized spacial score (nSPS) is 9.76. The summed E-state index contributed by atoms with van der Waals surface area (Å²) in [5.41, 5.74) is 0.305. The lowest BCUT2D eigenvalue weighted by Gasteiger charge is -2.11. The first kappa shape index (κ1) is 12.8. The quantitative estimate of drug-likeness (QED) is 0.617. The van der Waals surface area contributed by atoms with Crippen molar-refractivity contribution >= 4 is 11.7 Å². The topological polar surface area (TPSA) is 98.9 Å². The zero-order valence-corrected chi connectivity index (χ0v) is 9.30. The van der Waals surface area contributed by atoms with E-state index in [0.29, 0.717) is 5.56 Å². The molecule has 0 fully saturated rings. The Kier molecular flexibility index (Phi) is 3.86. The molecule has 0 radical (unpaired) electrons. The van der Waals surface area contributed by atoms with Gasteiger partial charge in [-0.15, -0.1) is 0 Å². The number of aliphatic carboxylic acids is 1. The average molecular weight is 241 g/mol. The number of nitrogens with zero attached hydrogens (tertiary/aromatic N) is 1. The second kappa shape index (κ2) is 5.15. The van der Waals surface area contributed by atoms with E-state index in [1.54, 1.807) is 6.92 Å². The lowest BCUT2D eigenvalue weighted by atomic mass is 10.2. The second-order valence-electron chi connectivity index (χ2n) is 3.23. The number of non-ortho nitro benzene ring substituents is 1. The van der Waals surface area contributed by atoms with Gasteiger partial charge in [-0.3, -0.25) is 10.1 Å². The van der Waals surface area contributed by atoms with Crippen LogP contribution < -0.4 is 9.47 Å². The molecule has 1 rings (SSSR count). The van der Waals surface area contributed by atoms with Gasteiger partial charge in [-0.1, -0.05) is 0 Å². The van der Waals surface area contributed by atoms with E-state index < -0.39 is 17.5 Å². The number of aryl methyl sites for hydroxylation is 1. The molecule has 0 saturated heterocycles. The summed E-state index contributed by atoms with van der Waals surface area (Å²) < 4.78 is 9.93. The molecule has 0 amide bonds. The summed E-state index contributed by atoms with van der Waals surface area (Å²) in [6.45, 7) is 1.04. The van der Waals surface area contributed by atoms with Crippen molar-refractivity contribution in [3.8, 4) is 11.5 Å². The molecule has 0 atom stereocenters. The third kappa shape index (κ3) is 3.07. The Morgan fingerprint density at radius 3 is 2.65 bits per heavy atom. The number of hydrogen-bond donors (Lipinski definition) is 1. The molecule has 92 valence electrons. The number of carbonyl (C=O) groups is 1. The maximum atomic E-state index is 10.6. The van der Waals surface area contributed by atoms with Crippen LogP contribution in [0.4, 0.5) is 5.69 Å².